The highest BCUT2D eigenvalue weighted by molar-refractivity contribution is 7.89. The Bertz CT molecular complexity index is 1170. The van der Waals surface area contributed by atoms with Gasteiger partial charge in [-0.05, 0) is 42.7 Å². The van der Waals surface area contributed by atoms with Crippen LogP contribution in [0.2, 0.25) is 0 Å². The zero-order valence-corrected chi connectivity index (χ0v) is 17.7. The number of para-hydroxylation sites is 1. The summed E-state index contributed by atoms with van der Waals surface area (Å²) in [6.07, 6.45) is 0. The van der Waals surface area contributed by atoms with Crippen molar-refractivity contribution in [2.24, 2.45) is 0 Å². The highest BCUT2D eigenvalue weighted by Gasteiger charge is 2.18. The maximum atomic E-state index is 12.9. The van der Waals surface area contributed by atoms with Gasteiger partial charge in [-0.3, -0.25) is 4.79 Å². The molecule has 28 heavy (non-hydrogen) atoms. The average molecular weight is 399 g/mol. The Labute approximate surface area is 166 Å². The van der Waals surface area contributed by atoms with Crippen LogP contribution in [0.4, 0.5) is 0 Å². The zero-order valence-electron chi connectivity index (χ0n) is 16.9. The Hall–Kier alpha value is -2.44. The first-order valence-electron chi connectivity index (χ1n) is 9.28. The van der Waals surface area contributed by atoms with Gasteiger partial charge >= 0.3 is 0 Å². The lowest BCUT2D eigenvalue weighted by Gasteiger charge is -2.20. The minimum Gasteiger partial charge on any atom is -0.340 e. The van der Waals surface area contributed by atoms with Crippen LogP contribution in [0.25, 0.3) is 10.9 Å². The van der Waals surface area contributed by atoms with Crippen LogP contribution in [-0.2, 0) is 16.6 Å². The van der Waals surface area contributed by atoms with Crippen LogP contribution in [0.1, 0.15) is 36.6 Å². The Balaban J connectivity index is 2.12. The van der Waals surface area contributed by atoms with Gasteiger partial charge in [-0.25, -0.2) is 12.7 Å². The lowest BCUT2D eigenvalue weighted by atomic mass is 9.98. The van der Waals surface area contributed by atoms with Gasteiger partial charge in [0.25, 0.3) is 0 Å². The van der Waals surface area contributed by atoms with Gasteiger partial charge in [0.05, 0.1) is 10.4 Å². The first kappa shape index (κ1) is 20.3. The van der Waals surface area contributed by atoms with Crippen LogP contribution in [0, 0.1) is 6.92 Å². The second-order valence-corrected chi connectivity index (χ2v) is 9.67. The first-order valence-corrected chi connectivity index (χ1v) is 10.7. The number of aromatic nitrogens is 1. The molecule has 2 aromatic carbocycles. The molecule has 0 radical (unpaired) electrons. The Kier molecular flexibility index (Phi) is 5.46. The Morgan fingerprint density at radius 1 is 1.00 bits per heavy atom. The molecule has 3 rings (SSSR count). The number of nitrogens with zero attached hydrogens (tertiary/aromatic N) is 2. The Morgan fingerprint density at radius 2 is 1.61 bits per heavy atom. The minimum atomic E-state index is -3.45. The van der Waals surface area contributed by atoms with E-state index in [1.807, 2.05) is 57.2 Å². The van der Waals surface area contributed by atoms with Crippen molar-refractivity contribution >= 4 is 20.9 Å². The van der Waals surface area contributed by atoms with Gasteiger partial charge in [-0.15, -0.1) is 0 Å². The highest BCUT2D eigenvalue weighted by atomic mass is 32.2. The summed E-state index contributed by atoms with van der Waals surface area (Å²) in [6, 6.07) is 14.6. The van der Waals surface area contributed by atoms with Crippen LogP contribution in [-0.4, -0.2) is 31.4 Å². The number of benzene rings is 2. The number of hydrogen-bond donors (Lipinski definition) is 0. The van der Waals surface area contributed by atoms with Crippen molar-refractivity contribution in [2.75, 3.05) is 14.1 Å². The summed E-state index contributed by atoms with van der Waals surface area (Å²) in [5.41, 5.74) is 3.73. The quantitative estimate of drug-likeness (QED) is 0.658. The summed E-state index contributed by atoms with van der Waals surface area (Å²) >= 11 is 0. The molecule has 1 aromatic heterocycles. The summed E-state index contributed by atoms with van der Waals surface area (Å²) in [5, 5.41) is 0.712. The van der Waals surface area contributed by atoms with Gasteiger partial charge in [0, 0.05) is 37.3 Å². The lowest BCUT2D eigenvalue weighted by Crippen LogP contribution is -2.22. The fourth-order valence-electron chi connectivity index (χ4n) is 3.58. The van der Waals surface area contributed by atoms with E-state index in [9.17, 15) is 13.2 Å². The van der Waals surface area contributed by atoms with E-state index >= 15 is 0 Å². The van der Waals surface area contributed by atoms with Crippen molar-refractivity contribution in [1.82, 2.24) is 8.87 Å². The maximum Gasteiger partial charge on any atom is 0.242 e. The predicted molar refractivity (Wildman–Crippen MR) is 113 cm³/mol. The third kappa shape index (κ3) is 3.50. The third-order valence-electron chi connectivity index (χ3n) is 5.10. The normalized spacial score (nSPS) is 12.2. The average Bonchev–Trinajstić information content (AvgIpc) is 2.65. The zero-order chi connectivity index (χ0) is 20.6. The number of pyridine rings is 1. The lowest BCUT2D eigenvalue weighted by molar-refractivity contribution is 0.520. The Morgan fingerprint density at radius 3 is 2.18 bits per heavy atom. The summed E-state index contributed by atoms with van der Waals surface area (Å²) in [5.74, 6) is 0.121. The molecule has 148 valence electrons. The molecule has 0 aliphatic carbocycles. The maximum absolute atomic E-state index is 12.9. The van der Waals surface area contributed by atoms with Gasteiger partial charge in [0.15, 0.2) is 5.43 Å². The second-order valence-electron chi connectivity index (χ2n) is 7.52. The predicted octanol–water partition coefficient (Wildman–Crippen LogP) is 3.73. The van der Waals surface area contributed by atoms with Crippen molar-refractivity contribution in [3.63, 3.8) is 0 Å². The summed E-state index contributed by atoms with van der Waals surface area (Å²) in [4.78, 5) is 13.2. The van der Waals surface area contributed by atoms with Gasteiger partial charge in [-0.1, -0.05) is 38.1 Å². The molecule has 1 heterocycles. The van der Waals surface area contributed by atoms with Crippen molar-refractivity contribution in [3.05, 3.63) is 75.6 Å². The number of hydrogen-bond acceptors (Lipinski definition) is 3. The van der Waals surface area contributed by atoms with Gasteiger partial charge < -0.3 is 4.57 Å². The van der Waals surface area contributed by atoms with Gasteiger partial charge in [-0.2, -0.15) is 0 Å². The first-order chi connectivity index (χ1) is 13.1. The van der Waals surface area contributed by atoms with Crippen molar-refractivity contribution in [2.45, 2.75) is 38.1 Å². The molecule has 0 aliphatic rings. The molecule has 0 amide bonds. The second kappa shape index (κ2) is 7.53. The number of sulfonamides is 1. The van der Waals surface area contributed by atoms with E-state index in [1.165, 1.54) is 18.4 Å². The van der Waals surface area contributed by atoms with Crippen molar-refractivity contribution in [3.8, 4) is 0 Å². The van der Waals surface area contributed by atoms with E-state index in [-0.39, 0.29) is 16.2 Å². The molecule has 3 aromatic rings. The molecule has 0 unspecified atom stereocenters. The van der Waals surface area contributed by atoms with Crippen LogP contribution in [0.3, 0.4) is 0 Å². The van der Waals surface area contributed by atoms with E-state index in [1.54, 1.807) is 12.1 Å². The molecular formula is C22H26N2O3S. The molecule has 0 spiro atoms. The molecular weight excluding hydrogens is 372 g/mol. The van der Waals surface area contributed by atoms with Gasteiger partial charge in [0.2, 0.25) is 10.0 Å². The third-order valence-corrected chi connectivity index (χ3v) is 6.93. The van der Waals surface area contributed by atoms with Crippen molar-refractivity contribution in [1.29, 1.82) is 0 Å². The molecule has 0 N–H and O–H groups in total. The van der Waals surface area contributed by atoms with E-state index in [4.69, 9.17) is 0 Å². The minimum absolute atomic E-state index is 0.0896. The molecule has 5 nitrogen and oxygen atoms in total. The van der Waals surface area contributed by atoms with E-state index in [2.05, 4.69) is 4.57 Å². The highest BCUT2D eigenvalue weighted by Crippen LogP contribution is 2.23. The van der Waals surface area contributed by atoms with Gasteiger partial charge in [0.1, 0.15) is 0 Å². The molecule has 0 fully saturated rings. The van der Waals surface area contributed by atoms with Crippen molar-refractivity contribution < 1.29 is 8.42 Å². The SMILES string of the molecule is Cc1c(C(C)C)c(=O)c2ccccc2n1Cc1ccc(S(=O)(=O)N(C)C)cc1. The molecule has 0 atom stereocenters. The summed E-state index contributed by atoms with van der Waals surface area (Å²) in [6.45, 7) is 6.61. The molecule has 6 heteroatoms. The topological polar surface area (TPSA) is 59.4 Å². The summed E-state index contributed by atoms with van der Waals surface area (Å²) < 4.78 is 27.9. The molecule has 0 aliphatic heterocycles. The molecule has 0 saturated heterocycles. The smallest absolute Gasteiger partial charge is 0.242 e. The van der Waals surface area contributed by atoms with Crippen LogP contribution in [0.5, 0.6) is 0 Å². The molecule has 0 bridgehead atoms. The van der Waals surface area contributed by atoms with E-state index < -0.39 is 10.0 Å². The fraction of sp³-hybridized carbons (Fsp3) is 0.318. The number of fused-ring (bicyclic) bond motifs is 1. The van der Waals surface area contributed by atoms with E-state index in [0.717, 1.165) is 22.3 Å². The standard InChI is InChI=1S/C22H26N2O3S/c1-15(2)21-16(3)24(20-9-7-6-8-19(20)22(21)25)14-17-10-12-18(13-11-17)28(26,27)23(4)5/h6-13,15H,14H2,1-5H3. The fourth-order valence-corrected chi connectivity index (χ4v) is 4.48. The van der Waals surface area contributed by atoms with Crippen LogP contribution in [0.15, 0.2) is 58.2 Å². The summed E-state index contributed by atoms with van der Waals surface area (Å²) in [7, 11) is -0.407. The van der Waals surface area contributed by atoms with E-state index in [0.29, 0.717) is 11.9 Å². The van der Waals surface area contributed by atoms with Crippen LogP contribution < -0.4 is 5.43 Å². The largest absolute Gasteiger partial charge is 0.340 e. The number of rotatable bonds is 5. The molecule has 0 saturated carbocycles. The van der Waals surface area contributed by atoms with Crippen LogP contribution >= 0.6 is 0 Å². The monoisotopic (exact) mass is 398 g/mol.